The molecule has 0 heterocycles. The molecule has 0 aromatic carbocycles. The first-order valence-electron chi connectivity index (χ1n) is 8.01. The van der Waals surface area contributed by atoms with Crippen LogP contribution in [0.2, 0.25) is 0 Å². The van der Waals surface area contributed by atoms with Crippen LogP contribution in [0.15, 0.2) is 0 Å². The van der Waals surface area contributed by atoms with E-state index in [0.29, 0.717) is 11.3 Å². The van der Waals surface area contributed by atoms with Gasteiger partial charge in [-0.1, -0.05) is 19.8 Å². The van der Waals surface area contributed by atoms with E-state index in [2.05, 4.69) is 12.2 Å². The van der Waals surface area contributed by atoms with Gasteiger partial charge < -0.3 is 4.74 Å². The average molecular weight is 299 g/mol. The zero-order chi connectivity index (χ0) is 14.6. The van der Waals surface area contributed by atoms with Gasteiger partial charge >= 0.3 is 5.97 Å². The smallest absolute Gasteiger partial charge is 0.325 e. The van der Waals surface area contributed by atoms with Crippen molar-refractivity contribution in [1.29, 1.82) is 0 Å². The van der Waals surface area contributed by atoms with Crippen molar-refractivity contribution in [3.8, 4) is 0 Å². The van der Waals surface area contributed by atoms with Crippen molar-refractivity contribution in [2.24, 2.45) is 5.92 Å². The van der Waals surface area contributed by atoms with Gasteiger partial charge in [-0.15, -0.1) is 0 Å². The summed E-state index contributed by atoms with van der Waals surface area (Å²) in [6.45, 7) is 4.25. The van der Waals surface area contributed by atoms with Crippen LogP contribution in [-0.4, -0.2) is 35.7 Å². The predicted octanol–water partition coefficient (Wildman–Crippen LogP) is 3.37. The number of hydrogen-bond donors (Lipinski definition) is 1. The van der Waals surface area contributed by atoms with Crippen LogP contribution < -0.4 is 5.32 Å². The van der Waals surface area contributed by atoms with Gasteiger partial charge in [-0.25, -0.2) is 0 Å². The lowest BCUT2D eigenvalue weighted by molar-refractivity contribution is -0.148. The molecule has 2 unspecified atom stereocenters. The molecule has 2 aliphatic rings. The molecule has 3 nitrogen and oxygen atoms in total. The monoisotopic (exact) mass is 299 g/mol. The summed E-state index contributed by atoms with van der Waals surface area (Å²) in [7, 11) is 1.49. The molecule has 2 aliphatic carbocycles. The summed E-state index contributed by atoms with van der Waals surface area (Å²) in [4.78, 5) is 12.1. The van der Waals surface area contributed by atoms with E-state index in [0.717, 1.165) is 12.3 Å². The maximum absolute atomic E-state index is 12.1. The number of carbonyl (C=O) groups excluding carboxylic acids is 1. The Hall–Kier alpha value is -0.220. The number of carbonyl (C=O) groups is 1. The van der Waals surface area contributed by atoms with Gasteiger partial charge in [-0.05, 0) is 50.7 Å². The van der Waals surface area contributed by atoms with Gasteiger partial charge in [0.2, 0.25) is 0 Å². The van der Waals surface area contributed by atoms with E-state index in [4.69, 9.17) is 4.74 Å². The summed E-state index contributed by atoms with van der Waals surface area (Å²) in [5.41, 5.74) is -0.516. The van der Waals surface area contributed by atoms with E-state index in [9.17, 15) is 4.79 Å². The molecule has 0 bridgehead atoms. The van der Waals surface area contributed by atoms with Gasteiger partial charge in [0.15, 0.2) is 0 Å². The SMILES string of the molecule is COC(=O)C(C)(CC(C)SCC1CCCC1)NC1CC1. The molecule has 2 atom stereocenters. The maximum Gasteiger partial charge on any atom is 0.325 e. The number of rotatable bonds is 8. The molecule has 2 rings (SSSR count). The van der Waals surface area contributed by atoms with Gasteiger partial charge in [0.25, 0.3) is 0 Å². The van der Waals surface area contributed by atoms with Crippen molar-refractivity contribution in [3.63, 3.8) is 0 Å². The highest BCUT2D eigenvalue weighted by atomic mass is 32.2. The summed E-state index contributed by atoms with van der Waals surface area (Å²) in [6, 6.07) is 0.520. The molecule has 0 aromatic heterocycles. The lowest BCUT2D eigenvalue weighted by Crippen LogP contribution is -2.52. The topological polar surface area (TPSA) is 38.3 Å². The number of ether oxygens (including phenoxy) is 1. The van der Waals surface area contributed by atoms with E-state index < -0.39 is 5.54 Å². The molecular weight excluding hydrogens is 270 g/mol. The van der Waals surface area contributed by atoms with Gasteiger partial charge in [-0.3, -0.25) is 10.1 Å². The van der Waals surface area contributed by atoms with Crippen molar-refractivity contribution < 1.29 is 9.53 Å². The maximum atomic E-state index is 12.1. The lowest BCUT2D eigenvalue weighted by Gasteiger charge is -2.31. The zero-order valence-corrected chi connectivity index (χ0v) is 13.9. The van der Waals surface area contributed by atoms with Crippen molar-refractivity contribution in [2.75, 3.05) is 12.9 Å². The molecular formula is C16H29NO2S. The Balaban J connectivity index is 1.80. The van der Waals surface area contributed by atoms with Crippen molar-refractivity contribution in [1.82, 2.24) is 5.32 Å². The van der Waals surface area contributed by atoms with E-state index in [1.807, 2.05) is 18.7 Å². The molecule has 0 saturated heterocycles. The Morgan fingerprint density at radius 2 is 2.00 bits per heavy atom. The minimum atomic E-state index is -0.516. The normalized spacial score (nSPS) is 24.4. The molecule has 0 radical (unpaired) electrons. The highest BCUT2D eigenvalue weighted by Crippen LogP contribution is 2.32. The molecule has 2 fully saturated rings. The number of hydrogen-bond acceptors (Lipinski definition) is 4. The van der Waals surface area contributed by atoms with Crippen LogP contribution in [0.4, 0.5) is 0 Å². The van der Waals surface area contributed by atoms with Gasteiger partial charge in [-0.2, -0.15) is 11.8 Å². The Morgan fingerprint density at radius 3 is 2.55 bits per heavy atom. The fourth-order valence-electron chi connectivity index (χ4n) is 3.22. The van der Waals surface area contributed by atoms with E-state index >= 15 is 0 Å². The molecule has 0 spiro atoms. The third kappa shape index (κ3) is 4.66. The van der Waals surface area contributed by atoms with Crippen LogP contribution in [0.1, 0.15) is 58.8 Å². The van der Waals surface area contributed by atoms with Gasteiger partial charge in [0.1, 0.15) is 5.54 Å². The summed E-state index contributed by atoms with van der Waals surface area (Å²) in [5.74, 6) is 2.04. The quantitative estimate of drug-likeness (QED) is 0.697. The second-order valence-electron chi connectivity index (χ2n) is 6.74. The molecule has 0 aromatic rings. The standard InChI is InChI=1S/C16H29NO2S/c1-12(20-11-13-6-4-5-7-13)10-16(2,15(18)19-3)17-14-8-9-14/h12-14,17H,4-11H2,1-3H3. The molecule has 1 N–H and O–H groups in total. The third-order valence-corrected chi connectivity index (χ3v) is 5.92. The minimum absolute atomic E-state index is 0.113. The fourth-order valence-corrected chi connectivity index (χ4v) is 4.60. The number of nitrogens with one attached hydrogen (secondary N) is 1. The largest absolute Gasteiger partial charge is 0.468 e. The van der Waals surface area contributed by atoms with E-state index in [1.54, 1.807) is 0 Å². The molecule has 20 heavy (non-hydrogen) atoms. The molecule has 0 amide bonds. The molecule has 2 saturated carbocycles. The Bertz CT molecular complexity index is 326. The highest BCUT2D eigenvalue weighted by Gasteiger charge is 2.40. The lowest BCUT2D eigenvalue weighted by atomic mass is 9.96. The zero-order valence-electron chi connectivity index (χ0n) is 13.1. The van der Waals surface area contributed by atoms with Crippen LogP contribution >= 0.6 is 11.8 Å². The molecule has 116 valence electrons. The number of esters is 1. The Labute approximate surface area is 127 Å². The summed E-state index contributed by atoms with van der Waals surface area (Å²) in [5, 5.41) is 3.98. The fraction of sp³-hybridized carbons (Fsp3) is 0.938. The summed E-state index contributed by atoms with van der Waals surface area (Å²) in [6.07, 6.45) is 8.84. The first kappa shape index (κ1) is 16.2. The highest BCUT2D eigenvalue weighted by molar-refractivity contribution is 7.99. The first-order chi connectivity index (χ1) is 9.53. The van der Waals surface area contributed by atoms with Crippen LogP contribution in [0, 0.1) is 5.92 Å². The first-order valence-corrected chi connectivity index (χ1v) is 9.06. The van der Waals surface area contributed by atoms with Gasteiger partial charge in [0.05, 0.1) is 7.11 Å². The summed E-state index contributed by atoms with van der Waals surface area (Å²) >= 11 is 2.03. The van der Waals surface area contributed by atoms with Crippen LogP contribution in [-0.2, 0) is 9.53 Å². The van der Waals surface area contributed by atoms with Crippen LogP contribution in [0.25, 0.3) is 0 Å². The number of thioether (sulfide) groups is 1. The van der Waals surface area contributed by atoms with Crippen LogP contribution in [0.5, 0.6) is 0 Å². The van der Waals surface area contributed by atoms with Crippen molar-refractivity contribution >= 4 is 17.7 Å². The Morgan fingerprint density at radius 1 is 1.35 bits per heavy atom. The van der Waals surface area contributed by atoms with E-state index in [1.165, 1.54) is 51.4 Å². The second-order valence-corrected chi connectivity index (χ2v) is 8.21. The van der Waals surface area contributed by atoms with Crippen molar-refractivity contribution in [3.05, 3.63) is 0 Å². The average Bonchev–Trinajstić information content (AvgIpc) is 3.07. The van der Waals surface area contributed by atoms with Gasteiger partial charge in [0, 0.05) is 11.3 Å². The second kappa shape index (κ2) is 7.17. The predicted molar refractivity (Wildman–Crippen MR) is 85.1 cm³/mol. The van der Waals surface area contributed by atoms with Crippen molar-refractivity contribution in [2.45, 2.75) is 75.6 Å². The Kier molecular flexibility index (Phi) is 5.79. The third-order valence-electron chi connectivity index (χ3n) is 4.52. The minimum Gasteiger partial charge on any atom is -0.468 e. The summed E-state index contributed by atoms with van der Waals surface area (Å²) < 4.78 is 5.01. The van der Waals surface area contributed by atoms with Crippen LogP contribution in [0.3, 0.4) is 0 Å². The number of methoxy groups -OCH3 is 1. The van der Waals surface area contributed by atoms with E-state index in [-0.39, 0.29) is 5.97 Å². The molecule has 0 aliphatic heterocycles. The molecule has 4 heteroatoms.